The standard InChI is InChI=1S/C11H14O/c1-8-4-5-9-10(6-8)12-7-11(9,2)3/h4-6H,7H2,1-3H3. The van der Waals surface area contributed by atoms with E-state index >= 15 is 0 Å². The molecule has 0 aromatic heterocycles. The van der Waals surface area contributed by atoms with E-state index in [-0.39, 0.29) is 5.41 Å². The zero-order valence-corrected chi connectivity index (χ0v) is 7.85. The Labute approximate surface area is 73.4 Å². The minimum Gasteiger partial charge on any atom is -0.492 e. The van der Waals surface area contributed by atoms with Crippen molar-refractivity contribution in [2.45, 2.75) is 26.2 Å². The molecule has 0 saturated heterocycles. The van der Waals surface area contributed by atoms with E-state index in [0.717, 1.165) is 12.4 Å². The molecule has 1 heteroatoms. The largest absolute Gasteiger partial charge is 0.492 e. The van der Waals surface area contributed by atoms with Crippen LogP contribution in [0.1, 0.15) is 25.0 Å². The van der Waals surface area contributed by atoms with Gasteiger partial charge in [0, 0.05) is 11.0 Å². The van der Waals surface area contributed by atoms with E-state index in [1.165, 1.54) is 11.1 Å². The number of hydrogen-bond acceptors (Lipinski definition) is 1. The molecule has 12 heavy (non-hydrogen) atoms. The van der Waals surface area contributed by atoms with Gasteiger partial charge in [0.1, 0.15) is 5.75 Å². The highest BCUT2D eigenvalue weighted by Crippen LogP contribution is 2.38. The number of aryl methyl sites for hydroxylation is 1. The summed E-state index contributed by atoms with van der Waals surface area (Å²) in [6.45, 7) is 7.34. The van der Waals surface area contributed by atoms with E-state index in [1.807, 2.05) is 0 Å². The lowest BCUT2D eigenvalue weighted by Crippen LogP contribution is -2.18. The van der Waals surface area contributed by atoms with Crippen LogP contribution >= 0.6 is 0 Å². The third kappa shape index (κ3) is 1.01. The predicted octanol–water partition coefficient (Wildman–Crippen LogP) is 2.67. The minimum atomic E-state index is 0.197. The zero-order valence-electron chi connectivity index (χ0n) is 7.85. The highest BCUT2D eigenvalue weighted by molar-refractivity contribution is 5.44. The molecule has 1 aliphatic heterocycles. The summed E-state index contributed by atoms with van der Waals surface area (Å²) < 4.78 is 5.59. The summed E-state index contributed by atoms with van der Waals surface area (Å²) >= 11 is 0. The second-order valence-corrected chi connectivity index (χ2v) is 4.17. The highest BCUT2D eigenvalue weighted by Gasteiger charge is 2.31. The van der Waals surface area contributed by atoms with Crippen molar-refractivity contribution in [2.24, 2.45) is 0 Å². The van der Waals surface area contributed by atoms with Crippen LogP contribution in [0.4, 0.5) is 0 Å². The fraction of sp³-hybridized carbons (Fsp3) is 0.455. The summed E-state index contributed by atoms with van der Waals surface area (Å²) in [7, 11) is 0. The van der Waals surface area contributed by atoms with Gasteiger partial charge in [-0.2, -0.15) is 0 Å². The van der Waals surface area contributed by atoms with E-state index in [4.69, 9.17) is 4.74 Å². The van der Waals surface area contributed by atoms with Crippen molar-refractivity contribution >= 4 is 0 Å². The maximum Gasteiger partial charge on any atom is 0.123 e. The molecule has 0 unspecified atom stereocenters. The van der Waals surface area contributed by atoms with Crippen LogP contribution in [0.15, 0.2) is 18.2 Å². The van der Waals surface area contributed by atoms with Crippen LogP contribution in [0.25, 0.3) is 0 Å². The second-order valence-electron chi connectivity index (χ2n) is 4.17. The smallest absolute Gasteiger partial charge is 0.123 e. The molecule has 0 spiro atoms. The molecule has 0 N–H and O–H groups in total. The first-order valence-electron chi connectivity index (χ1n) is 4.33. The van der Waals surface area contributed by atoms with E-state index in [0.29, 0.717) is 0 Å². The molecule has 0 atom stereocenters. The van der Waals surface area contributed by atoms with Gasteiger partial charge in [0.25, 0.3) is 0 Å². The molecule has 64 valence electrons. The zero-order chi connectivity index (χ0) is 8.77. The highest BCUT2D eigenvalue weighted by atomic mass is 16.5. The van der Waals surface area contributed by atoms with E-state index in [2.05, 4.69) is 39.0 Å². The van der Waals surface area contributed by atoms with Crippen molar-refractivity contribution in [3.8, 4) is 5.75 Å². The van der Waals surface area contributed by atoms with Crippen molar-refractivity contribution in [1.29, 1.82) is 0 Å². The maximum absolute atomic E-state index is 5.59. The summed E-state index contributed by atoms with van der Waals surface area (Å²) in [4.78, 5) is 0. The normalized spacial score (nSPS) is 18.6. The Morgan fingerprint density at radius 1 is 1.33 bits per heavy atom. The number of rotatable bonds is 0. The summed E-state index contributed by atoms with van der Waals surface area (Å²) in [6.07, 6.45) is 0. The first kappa shape index (κ1) is 7.66. The number of fused-ring (bicyclic) bond motifs is 1. The number of hydrogen-bond donors (Lipinski definition) is 0. The van der Waals surface area contributed by atoms with Crippen LogP contribution in [0.5, 0.6) is 5.75 Å². The topological polar surface area (TPSA) is 9.23 Å². The Hall–Kier alpha value is -0.980. The molecule has 1 nitrogen and oxygen atoms in total. The summed E-state index contributed by atoms with van der Waals surface area (Å²) in [5.41, 5.74) is 2.81. The van der Waals surface area contributed by atoms with Gasteiger partial charge in [0.15, 0.2) is 0 Å². The molecule has 0 saturated carbocycles. The van der Waals surface area contributed by atoms with Gasteiger partial charge in [-0.25, -0.2) is 0 Å². The Morgan fingerprint density at radius 2 is 2.08 bits per heavy atom. The lowest BCUT2D eigenvalue weighted by molar-refractivity contribution is 0.291. The Balaban J connectivity index is 2.55. The van der Waals surface area contributed by atoms with Crippen molar-refractivity contribution in [3.63, 3.8) is 0 Å². The van der Waals surface area contributed by atoms with Crippen LogP contribution in [-0.2, 0) is 5.41 Å². The number of benzene rings is 1. The lowest BCUT2D eigenvalue weighted by Gasteiger charge is -2.14. The molecule has 0 radical (unpaired) electrons. The average molecular weight is 162 g/mol. The van der Waals surface area contributed by atoms with Gasteiger partial charge in [0.05, 0.1) is 6.61 Å². The quantitative estimate of drug-likeness (QED) is 0.570. The molecule has 0 amide bonds. The van der Waals surface area contributed by atoms with Gasteiger partial charge in [-0.15, -0.1) is 0 Å². The van der Waals surface area contributed by atoms with Crippen LogP contribution in [-0.4, -0.2) is 6.61 Å². The summed E-state index contributed by atoms with van der Waals surface area (Å²) in [5, 5.41) is 0. The van der Waals surface area contributed by atoms with Crippen molar-refractivity contribution in [2.75, 3.05) is 6.61 Å². The fourth-order valence-corrected chi connectivity index (χ4v) is 1.64. The molecule has 1 aromatic rings. The van der Waals surface area contributed by atoms with Gasteiger partial charge in [-0.05, 0) is 18.6 Å². The van der Waals surface area contributed by atoms with E-state index in [9.17, 15) is 0 Å². The molecule has 1 aromatic carbocycles. The Bertz CT molecular complexity index is 313. The van der Waals surface area contributed by atoms with Crippen LogP contribution < -0.4 is 4.74 Å². The first-order valence-corrected chi connectivity index (χ1v) is 4.33. The van der Waals surface area contributed by atoms with Crippen molar-refractivity contribution in [1.82, 2.24) is 0 Å². The number of ether oxygens (including phenoxy) is 1. The van der Waals surface area contributed by atoms with Crippen molar-refractivity contribution < 1.29 is 4.74 Å². The average Bonchev–Trinajstić information content (AvgIpc) is 2.27. The van der Waals surface area contributed by atoms with Gasteiger partial charge >= 0.3 is 0 Å². The summed E-state index contributed by atoms with van der Waals surface area (Å²) in [6, 6.07) is 6.44. The molecular weight excluding hydrogens is 148 g/mol. The van der Waals surface area contributed by atoms with Crippen LogP contribution in [0, 0.1) is 6.92 Å². The van der Waals surface area contributed by atoms with Gasteiger partial charge < -0.3 is 4.74 Å². The molecular formula is C11H14O. The van der Waals surface area contributed by atoms with Crippen LogP contribution in [0.2, 0.25) is 0 Å². The van der Waals surface area contributed by atoms with Crippen molar-refractivity contribution in [3.05, 3.63) is 29.3 Å². The molecule has 2 rings (SSSR count). The monoisotopic (exact) mass is 162 g/mol. The molecule has 1 aliphatic rings. The Kier molecular flexibility index (Phi) is 1.44. The summed E-state index contributed by atoms with van der Waals surface area (Å²) in [5.74, 6) is 1.07. The third-order valence-electron chi connectivity index (χ3n) is 2.45. The molecule has 0 bridgehead atoms. The van der Waals surface area contributed by atoms with Crippen LogP contribution in [0.3, 0.4) is 0 Å². The van der Waals surface area contributed by atoms with E-state index in [1.54, 1.807) is 0 Å². The first-order chi connectivity index (χ1) is 5.59. The van der Waals surface area contributed by atoms with Gasteiger partial charge in [-0.3, -0.25) is 0 Å². The molecule has 0 aliphatic carbocycles. The predicted molar refractivity (Wildman–Crippen MR) is 49.7 cm³/mol. The lowest BCUT2D eigenvalue weighted by atomic mass is 9.87. The SMILES string of the molecule is Cc1ccc2c(c1)OCC2(C)C. The third-order valence-corrected chi connectivity index (χ3v) is 2.45. The van der Waals surface area contributed by atoms with Gasteiger partial charge in [0.2, 0.25) is 0 Å². The molecule has 1 heterocycles. The Morgan fingerprint density at radius 3 is 2.83 bits per heavy atom. The van der Waals surface area contributed by atoms with E-state index < -0.39 is 0 Å². The fourth-order valence-electron chi connectivity index (χ4n) is 1.64. The second kappa shape index (κ2) is 2.25. The maximum atomic E-state index is 5.59. The molecule has 0 fully saturated rings. The minimum absolute atomic E-state index is 0.197. The van der Waals surface area contributed by atoms with Gasteiger partial charge in [-0.1, -0.05) is 26.0 Å².